The van der Waals surface area contributed by atoms with Crippen molar-refractivity contribution < 1.29 is 9.53 Å². The molecule has 1 atom stereocenters. The molecule has 1 aliphatic heterocycles. The number of primary amides is 1. The lowest BCUT2D eigenvalue weighted by Crippen LogP contribution is -2.53. The van der Waals surface area contributed by atoms with Crippen molar-refractivity contribution >= 4 is 5.91 Å². The van der Waals surface area contributed by atoms with Gasteiger partial charge in [0.05, 0.1) is 19.3 Å². The van der Waals surface area contributed by atoms with Crippen LogP contribution in [0.4, 0.5) is 0 Å². The standard InChI is InChI=1S/C12H26N4O2/c1-12(2,14)9-16-4-5-18-10(7-16)6-15(3)8-11(13)17/h10H,4-9,14H2,1-3H3,(H2,13,17). The van der Waals surface area contributed by atoms with Crippen LogP contribution in [0.3, 0.4) is 0 Å². The van der Waals surface area contributed by atoms with Crippen LogP contribution in [0.5, 0.6) is 0 Å². The first-order valence-corrected chi connectivity index (χ1v) is 6.36. The fourth-order valence-electron chi connectivity index (χ4n) is 2.29. The Bertz CT molecular complexity index is 278. The molecule has 0 aromatic rings. The highest BCUT2D eigenvalue weighted by Gasteiger charge is 2.25. The molecule has 1 unspecified atom stereocenters. The lowest BCUT2D eigenvalue weighted by Gasteiger charge is -2.37. The first kappa shape index (κ1) is 15.4. The molecular weight excluding hydrogens is 232 g/mol. The molecule has 106 valence electrons. The number of carbonyl (C=O) groups is 1. The molecule has 0 aliphatic carbocycles. The van der Waals surface area contributed by atoms with Crippen LogP contribution in [0.2, 0.25) is 0 Å². The van der Waals surface area contributed by atoms with Crippen LogP contribution in [0.15, 0.2) is 0 Å². The number of likely N-dealkylation sites (N-methyl/N-ethyl adjacent to an activating group) is 1. The van der Waals surface area contributed by atoms with Crippen molar-refractivity contribution in [3.05, 3.63) is 0 Å². The van der Waals surface area contributed by atoms with E-state index in [9.17, 15) is 4.79 Å². The van der Waals surface area contributed by atoms with E-state index in [4.69, 9.17) is 16.2 Å². The van der Waals surface area contributed by atoms with Gasteiger partial charge >= 0.3 is 0 Å². The first-order chi connectivity index (χ1) is 8.26. The van der Waals surface area contributed by atoms with E-state index in [1.807, 2.05) is 25.8 Å². The molecule has 1 rings (SSSR count). The molecule has 1 heterocycles. The van der Waals surface area contributed by atoms with Crippen LogP contribution in [-0.4, -0.2) is 73.7 Å². The SMILES string of the molecule is CN(CC(N)=O)CC1CN(CC(C)(C)N)CCO1. The van der Waals surface area contributed by atoms with E-state index in [1.54, 1.807) is 0 Å². The second-order valence-corrected chi connectivity index (χ2v) is 5.88. The van der Waals surface area contributed by atoms with Gasteiger partial charge in [0.2, 0.25) is 5.91 Å². The zero-order chi connectivity index (χ0) is 13.8. The monoisotopic (exact) mass is 258 g/mol. The predicted molar refractivity (Wildman–Crippen MR) is 71.1 cm³/mol. The van der Waals surface area contributed by atoms with Crippen molar-refractivity contribution in [2.45, 2.75) is 25.5 Å². The van der Waals surface area contributed by atoms with E-state index in [-0.39, 0.29) is 24.1 Å². The van der Waals surface area contributed by atoms with Gasteiger partial charge in [0.1, 0.15) is 0 Å². The molecule has 0 aromatic carbocycles. The summed E-state index contributed by atoms with van der Waals surface area (Å²) in [7, 11) is 1.87. The molecule has 6 heteroatoms. The highest BCUT2D eigenvalue weighted by atomic mass is 16.5. The van der Waals surface area contributed by atoms with Crippen LogP contribution in [0.25, 0.3) is 0 Å². The minimum atomic E-state index is -0.312. The Morgan fingerprint density at radius 1 is 1.56 bits per heavy atom. The molecule has 0 radical (unpaired) electrons. The highest BCUT2D eigenvalue weighted by molar-refractivity contribution is 5.75. The van der Waals surface area contributed by atoms with E-state index in [1.165, 1.54) is 0 Å². The maximum atomic E-state index is 10.8. The number of nitrogens with two attached hydrogens (primary N) is 2. The first-order valence-electron chi connectivity index (χ1n) is 6.36. The zero-order valence-electron chi connectivity index (χ0n) is 11.7. The molecule has 1 fully saturated rings. The summed E-state index contributed by atoms with van der Waals surface area (Å²) < 4.78 is 5.70. The molecule has 4 N–H and O–H groups in total. The van der Waals surface area contributed by atoms with E-state index in [2.05, 4.69) is 4.90 Å². The molecule has 0 bridgehead atoms. The van der Waals surface area contributed by atoms with Crippen molar-refractivity contribution in [3.8, 4) is 0 Å². The smallest absolute Gasteiger partial charge is 0.231 e. The van der Waals surface area contributed by atoms with Gasteiger partial charge in [0.15, 0.2) is 0 Å². The lowest BCUT2D eigenvalue weighted by atomic mass is 10.1. The van der Waals surface area contributed by atoms with Gasteiger partial charge in [-0.2, -0.15) is 0 Å². The summed E-state index contributed by atoms with van der Waals surface area (Å²) in [5, 5.41) is 0. The van der Waals surface area contributed by atoms with Crippen molar-refractivity contribution in [1.29, 1.82) is 0 Å². The van der Waals surface area contributed by atoms with Gasteiger partial charge in [-0.3, -0.25) is 14.6 Å². The Hall–Kier alpha value is -0.690. The molecule has 1 aliphatic rings. The number of nitrogens with zero attached hydrogens (tertiary/aromatic N) is 2. The number of ether oxygens (including phenoxy) is 1. The van der Waals surface area contributed by atoms with Crippen LogP contribution in [0, 0.1) is 0 Å². The van der Waals surface area contributed by atoms with Gasteiger partial charge in [-0.15, -0.1) is 0 Å². The Balaban J connectivity index is 2.37. The van der Waals surface area contributed by atoms with Crippen molar-refractivity contribution in [2.24, 2.45) is 11.5 Å². The highest BCUT2D eigenvalue weighted by Crippen LogP contribution is 2.09. The number of morpholine rings is 1. The number of carbonyl (C=O) groups excluding carboxylic acids is 1. The minimum absolute atomic E-state index is 0.116. The average Bonchev–Trinajstić information content (AvgIpc) is 2.13. The number of hydrogen-bond donors (Lipinski definition) is 2. The Labute approximate surface area is 109 Å². The summed E-state index contributed by atoms with van der Waals surface area (Å²) in [5.41, 5.74) is 11.0. The summed E-state index contributed by atoms with van der Waals surface area (Å²) >= 11 is 0. The summed E-state index contributed by atoms with van der Waals surface area (Å²) in [6, 6.07) is 0. The normalized spacial score (nSPS) is 22.4. The maximum Gasteiger partial charge on any atom is 0.231 e. The molecule has 0 saturated carbocycles. The Kier molecular flexibility index (Phi) is 5.52. The molecule has 1 saturated heterocycles. The van der Waals surface area contributed by atoms with E-state index in [0.717, 1.165) is 19.6 Å². The summed E-state index contributed by atoms with van der Waals surface area (Å²) in [6.45, 7) is 8.36. The van der Waals surface area contributed by atoms with Gasteiger partial charge < -0.3 is 16.2 Å². The predicted octanol–water partition coefficient (Wildman–Crippen LogP) is -1.16. The molecular formula is C12H26N4O2. The number of rotatable bonds is 6. The van der Waals surface area contributed by atoms with Crippen LogP contribution in [-0.2, 0) is 9.53 Å². The maximum absolute atomic E-state index is 10.8. The van der Waals surface area contributed by atoms with Gasteiger partial charge in [0, 0.05) is 31.7 Å². The van der Waals surface area contributed by atoms with Crippen LogP contribution in [0.1, 0.15) is 13.8 Å². The van der Waals surface area contributed by atoms with Crippen LogP contribution < -0.4 is 11.5 Å². The summed E-state index contributed by atoms with van der Waals surface area (Å²) in [6.07, 6.45) is 0.116. The Morgan fingerprint density at radius 2 is 2.22 bits per heavy atom. The zero-order valence-corrected chi connectivity index (χ0v) is 11.7. The van der Waals surface area contributed by atoms with Gasteiger partial charge in [0.25, 0.3) is 0 Å². The molecule has 0 aromatic heterocycles. The lowest BCUT2D eigenvalue weighted by molar-refractivity contribution is -0.119. The topological polar surface area (TPSA) is 84.8 Å². The second kappa shape index (κ2) is 6.47. The van der Waals surface area contributed by atoms with Crippen molar-refractivity contribution in [2.75, 3.05) is 46.4 Å². The number of hydrogen-bond acceptors (Lipinski definition) is 5. The fourth-order valence-corrected chi connectivity index (χ4v) is 2.29. The quantitative estimate of drug-likeness (QED) is 0.628. The van der Waals surface area contributed by atoms with Gasteiger partial charge in [-0.25, -0.2) is 0 Å². The fraction of sp³-hybridized carbons (Fsp3) is 0.917. The van der Waals surface area contributed by atoms with E-state index >= 15 is 0 Å². The molecule has 1 amide bonds. The third-order valence-electron chi connectivity index (χ3n) is 2.80. The van der Waals surface area contributed by atoms with Gasteiger partial charge in [-0.05, 0) is 20.9 Å². The number of amides is 1. The third-order valence-corrected chi connectivity index (χ3v) is 2.80. The van der Waals surface area contributed by atoms with E-state index in [0.29, 0.717) is 13.2 Å². The molecule has 0 spiro atoms. The van der Waals surface area contributed by atoms with E-state index < -0.39 is 0 Å². The second-order valence-electron chi connectivity index (χ2n) is 5.88. The summed E-state index contributed by atoms with van der Waals surface area (Å²) in [4.78, 5) is 15.0. The molecule has 18 heavy (non-hydrogen) atoms. The van der Waals surface area contributed by atoms with Crippen LogP contribution >= 0.6 is 0 Å². The molecule has 6 nitrogen and oxygen atoms in total. The minimum Gasteiger partial charge on any atom is -0.374 e. The van der Waals surface area contributed by atoms with Crippen molar-refractivity contribution in [3.63, 3.8) is 0 Å². The van der Waals surface area contributed by atoms with Crippen molar-refractivity contribution in [1.82, 2.24) is 9.80 Å². The summed E-state index contributed by atoms with van der Waals surface area (Å²) in [5.74, 6) is -0.312. The average molecular weight is 258 g/mol. The third kappa shape index (κ3) is 6.30. The largest absolute Gasteiger partial charge is 0.374 e. The van der Waals surface area contributed by atoms with Gasteiger partial charge in [-0.1, -0.05) is 0 Å². The Morgan fingerprint density at radius 3 is 2.78 bits per heavy atom.